The van der Waals surface area contributed by atoms with Gasteiger partial charge in [0.2, 0.25) is 5.91 Å². The predicted octanol–water partition coefficient (Wildman–Crippen LogP) is 4.00. The highest BCUT2D eigenvalue weighted by atomic mass is 35.5. The van der Waals surface area contributed by atoms with Crippen molar-refractivity contribution in [3.8, 4) is 0 Å². The average molecular weight is 376 g/mol. The van der Waals surface area contributed by atoms with E-state index in [0.29, 0.717) is 22.6 Å². The molecular weight excluding hydrogens is 357 g/mol. The largest absolute Gasteiger partial charge is 0.469 e. The van der Waals surface area contributed by atoms with Crippen LogP contribution in [0.3, 0.4) is 0 Å². The zero-order valence-corrected chi connectivity index (χ0v) is 15.0. The molecule has 2 aromatic carbocycles. The van der Waals surface area contributed by atoms with Gasteiger partial charge < -0.3 is 10.1 Å². The van der Waals surface area contributed by atoms with E-state index in [0.717, 1.165) is 0 Å². The normalized spacial score (nSPS) is 19.5. The summed E-state index contributed by atoms with van der Waals surface area (Å²) in [4.78, 5) is 24.4. The van der Waals surface area contributed by atoms with E-state index in [2.05, 4.69) is 5.32 Å². The third-order valence-corrected chi connectivity index (χ3v) is 4.97. The Morgan fingerprint density at radius 2 is 1.92 bits per heavy atom. The summed E-state index contributed by atoms with van der Waals surface area (Å²) in [6.45, 7) is 0. The molecule has 26 heavy (non-hydrogen) atoms. The minimum absolute atomic E-state index is 0.0247. The van der Waals surface area contributed by atoms with Crippen molar-refractivity contribution in [3.63, 3.8) is 0 Å². The zero-order chi connectivity index (χ0) is 18.7. The molecule has 0 aromatic heterocycles. The van der Waals surface area contributed by atoms with Crippen molar-refractivity contribution < 1.29 is 18.7 Å². The molecule has 3 atom stereocenters. The lowest BCUT2D eigenvalue weighted by molar-refractivity contribution is -0.141. The molecule has 1 aliphatic rings. The number of esters is 1. The summed E-state index contributed by atoms with van der Waals surface area (Å²) in [5.41, 5.74) is 1.20. The third-order valence-electron chi connectivity index (χ3n) is 4.63. The van der Waals surface area contributed by atoms with Gasteiger partial charge in [0.05, 0.1) is 19.6 Å². The fourth-order valence-corrected chi connectivity index (χ4v) is 3.40. The van der Waals surface area contributed by atoms with E-state index in [1.54, 1.807) is 42.5 Å². The van der Waals surface area contributed by atoms with Gasteiger partial charge in [-0.05, 0) is 35.6 Å². The lowest BCUT2D eigenvalue weighted by Gasteiger charge is -2.19. The van der Waals surface area contributed by atoms with Crippen molar-refractivity contribution in [3.05, 3.63) is 70.5 Å². The Bertz CT molecular complexity index is 826. The van der Waals surface area contributed by atoms with E-state index in [4.69, 9.17) is 16.3 Å². The van der Waals surface area contributed by atoms with Crippen molar-refractivity contribution in [2.45, 2.75) is 24.8 Å². The number of hydrogen-bond donors (Lipinski definition) is 1. The molecule has 136 valence electrons. The second-order valence-corrected chi connectivity index (χ2v) is 6.74. The molecule has 0 saturated heterocycles. The first-order valence-electron chi connectivity index (χ1n) is 8.37. The van der Waals surface area contributed by atoms with Crippen LogP contribution in [0.15, 0.2) is 48.5 Å². The molecular formula is C20H19ClFNO3. The van der Waals surface area contributed by atoms with Crippen LogP contribution in [0.4, 0.5) is 4.39 Å². The van der Waals surface area contributed by atoms with Crippen LogP contribution in [-0.2, 0) is 14.3 Å². The third kappa shape index (κ3) is 4.05. The average Bonchev–Trinajstić information content (AvgIpc) is 3.42. The molecule has 1 amide bonds. The Balaban J connectivity index is 1.73. The van der Waals surface area contributed by atoms with Crippen LogP contribution in [0.25, 0.3) is 0 Å². The second kappa shape index (κ2) is 7.87. The molecule has 3 rings (SSSR count). The monoisotopic (exact) mass is 375 g/mol. The highest BCUT2D eigenvalue weighted by molar-refractivity contribution is 6.31. The minimum atomic E-state index is -0.592. The summed E-state index contributed by atoms with van der Waals surface area (Å²) in [7, 11) is 1.29. The van der Waals surface area contributed by atoms with Crippen molar-refractivity contribution in [2.24, 2.45) is 5.92 Å². The number of ether oxygens (including phenoxy) is 1. The first-order chi connectivity index (χ1) is 12.5. The highest BCUT2D eigenvalue weighted by Gasteiger charge is 2.45. The van der Waals surface area contributed by atoms with Gasteiger partial charge in [-0.2, -0.15) is 0 Å². The number of amides is 1. The summed E-state index contributed by atoms with van der Waals surface area (Å²) in [5, 5.41) is 3.34. The van der Waals surface area contributed by atoms with E-state index in [-0.39, 0.29) is 30.0 Å². The summed E-state index contributed by atoms with van der Waals surface area (Å²) in [6, 6.07) is 12.9. The van der Waals surface area contributed by atoms with Gasteiger partial charge in [-0.25, -0.2) is 4.39 Å². The molecule has 6 heteroatoms. The number of hydrogen-bond acceptors (Lipinski definition) is 3. The summed E-state index contributed by atoms with van der Waals surface area (Å²) >= 11 is 6.22. The number of halogens is 2. The smallest absolute Gasteiger partial charge is 0.307 e. The topological polar surface area (TPSA) is 55.4 Å². The van der Waals surface area contributed by atoms with Crippen molar-refractivity contribution >= 4 is 23.5 Å². The van der Waals surface area contributed by atoms with Gasteiger partial charge in [0.1, 0.15) is 5.82 Å². The number of nitrogens with one attached hydrogen (secondary N) is 1. The summed E-state index contributed by atoms with van der Waals surface area (Å²) in [5.74, 6) is -1.41. The van der Waals surface area contributed by atoms with E-state index in [1.165, 1.54) is 13.2 Å². The molecule has 4 nitrogen and oxygen atoms in total. The Labute approximate surface area is 156 Å². The quantitative estimate of drug-likeness (QED) is 0.776. The van der Waals surface area contributed by atoms with Gasteiger partial charge in [0.15, 0.2) is 0 Å². The lowest BCUT2D eigenvalue weighted by atomic mass is 10.0. The first kappa shape index (κ1) is 18.4. The fraction of sp³-hybridized carbons (Fsp3) is 0.300. The maximum atomic E-state index is 13.9. The molecule has 1 fully saturated rings. The van der Waals surface area contributed by atoms with Gasteiger partial charge in [-0.3, -0.25) is 9.59 Å². The summed E-state index contributed by atoms with van der Waals surface area (Å²) in [6.07, 6.45) is 0.559. The molecule has 0 radical (unpaired) electrons. The van der Waals surface area contributed by atoms with Crippen LogP contribution in [0.2, 0.25) is 5.02 Å². The molecule has 1 aliphatic carbocycles. The number of carbonyl (C=O) groups is 2. The van der Waals surface area contributed by atoms with Crippen molar-refractivity contribution in [1.82, 2.24) is 5.32 Å². The Hall–Kier alpha value is -2.40. The fourth-order valence-electron chi connectivity index (χ4n) is 3.13. The van der Waals surface area contributed by atoms with Crippen LogP contribution in [0, 0.1) is 11.7 Å². The van der Waals surface area contributed by atoms with E-state index in [9.17, 15) is 14.0 Å². The number of carbonyl (C=O) groups excluding carboxylic acids is 2. The number of methoxy groups -OCH3 is 1. The Morgan fingerprint density at radius 3 is 2.62 bits per heavy atom. The van der Waals surface area contributed by atoms with Gasteiger partial charge in [-0.15, -0.1) is 0 Å². The number of benzene rings is 2. The maximum Gasteiger partial charge on any atom is 0.307 e. The molecule has 1 saturated carbocycles. The van der Waals surface area contributed by atoms with Gasteiger partial charge >= 0.3 is 5.97 Å². The molecule has 0 aliphatic heterocycles. The first-order valence-corrected chi connectivity index (χ1v) is 8.75. The molecule has 0 heterocycles. The SMILES string of the molecule is COC(=O)CC(NC(=O)C1CC1c1ccccc1F)c1ccccc1Cl. The highest BCUT2D eigenvalue weighted by Crippen LogP contribution is 2.48. The Kier molecular flexibility index (Phi) is 5.57. The predicted molar refractivity (Wildman–Crippen MR) is 96.2 cm³/mol. The standard InChI is InChI=1S/C20H19ClFNO3/c1-26-19(24)11-18(13-7-2-4-8-16(13)21)23-20(25)15-10-14(15)12-6-3-5-9-17(12)22/h2-9,14-15,18H,10-11H2,1H3,(H,23,25). The van der Waals surface area contributed by atoms with Crippen molar-refractivity contribution in [1.29, 1.82) is 0 Å². The molecule has 3 unspecified atom stereocenters. The second-order valence-electron chi connectivity index (χ2n) is 6.33. The maximum absolute atomic E-state index is 13.9. The van der Waals surface area contributed by atoms with Crippen LogP contribution in [0.1, 0.15) is 35.9 Å². The molecule has 0 bridgehead atoms. The zero-order valence-electron chi connectivity index (χ0n) is 14.2. The van der Waals surface area contributed by atoms with Gasteiger partial charge in [0.25, 0.3) is 0 Å². The van der Waals surface area contributed by atoms with Gasteiger partial charge in [-0.1, -0.05) is 48.0 Å². The number of rotatable bonds is 6. The van der Waals surface area contributed by atoms with Crippen LogP contribution < -0.4 is 5.32 Å². The van der Waals surface area contributed by atoms with E-state index < -0.39 is 12.0 Å². The van der Waals surface area contributed by atoms with Crippen molar-refractivity contribution in [2.75, 3.05) is 7.11 Å². The molecule has 0 spiro atoms. The van der Waals surface area contributed by atoms with Gasteiger partial charge in [0, 0.05) is 10.9 Å². The van der Waals surface area contributed by atoms with Crippen LogP contribution in [0.5, 0.6) is 0 Å². The molecule has 2 aromatic rings. The van der Waals surface area contributed by atoms with Crippen LogP contribution in [-0.4, -0.2) is 19.0 Å². The van der Waals surface area contributed by atoms with E-state index >= 15 is 0 Å². The summed E-state index contributed by atoms with van der Waals surface area (Å²) < 4.78 is 18.6. The molecule has 1 N–H and O–H groups in total. The Morgan fingerprint density at radius 1 is 1.23 bits per heavy atom. The van der Waals surface area contributed by atoms with Crippen LogP contribution >= 0.6 is 11.6 Å². The minimum Gasteiger partial charge on any atom is -0.469 e. The lowest BCUT2D eigenvalue weighted by Crippen LogP contribution is -2.32. The van der Waals surface area contributed by atoms with E-state index in [1.807, 2.05) is 0 Å².